The monoisotopic (exact) mass is 221 g/mol. The van der Waals surface area contributed by atoms with Crippen LogP contribution < -0.4 is 16.2 Å². The minimum absolute atomic E-state index is 0.560. The Balaban J connectivity index is 2.12. The second-order valence-electron chi connectivity index (χ2n) is 4.30. The maximum absolute atomic E-state index is 5.36. The Labute approximate surface area is 96.2 Å². The summed E-state index contributed by atoms with van der Waals surface area (Å²) in [5.74, 6) is 7.07. The molecule has 0 bridgehead atoms. The van der Waals surface area contributed by atoms with E-state index in [2.05, 4.69) is 34.2 Å². The van der Waals surface area contributed by atoms with Gasteiger partial charge in [0, 0.05) is 25.7 Å². The quantitative estimate of drug-likeness (QED) is 0.563. The first-order valence-corrected chi connectivity index (χ1v) is 5.59. The Bertz CT molecular complexity index is 354. The molecule has 0 aromatic carbocycles. The highest BCUT2D eigenvalue weighted by molar-refractivity contribution is 5.46. The van der Waals surface area contributed by atoms with Crippen LogP contribution in [-0.4, -0.2) is 42.6 Å². The number of hydrazine groups is 1. The van der Waals surface area contributed by atoms with E-state index in [4.69, 9.17) is 5.84 Å². The normalized spacial score (nSPS) is 22.2. The number of rotatable bonds is 2. The molecule has 1 atom stereocenters. The number of nitrogens with two attached hydrogens (primary N) is 1. The third-order valence-corrected chi connectivity index (χ3v) is 3.17. The lowest BCUT2D eigenvalue weighted by Gasteiger charge is -2.38. The summed E-state index contributed by atoms with van der Waals surface area (Å²) in [5, 5.41) is 0. The van der Waals surface area contributed by atoms with Gasteiger partial charge in [-0.25, -0.2) is 10.8 Å². The Morgan fingerprint density at radius 1 is 1.44 bits per heavy atom. The van der Waals surface area contributed by atoms with Crippen LogP contribution in [0.4, 0.5) is 11.6 Å². The lowest BCUT2D eigenvalue weighted by Crippen LogP contribution is -2.50. The molecule has 3 N–H and O–H groups in total. The number of piperazine rings is 1. The summed E-state index contributed by atoms with van der Waals surface area (Å²) in [6.07, 6.45) is 0. The number of anilines is 2. The van der Waals surface area contributed by atoms with Crippen LogP contribution >= 0.6 is 0 Å². The van der Waals surface area contributed by atoms with E-state index in [1.54, 1.807) is 0 Å². The molecule has 1 aliphatic rings. The Hall–Kier alpha value is -1.33. The molecule has 5 heteroatoms. The van der Waals surface area contributed by atoms with Gasteiger partial charge in [0.2, 0.25) is 0 Å². The number of pyridine rings is 1. The third kappa shape index (κ3) is 2.25. The summed E-state index contributed by atoms with van der Waals surface area (Å²) < 4.78 is 0. The highest BCUT2D eigenvalue weighted by Gasteiger charge is 2.21. The molecule has 5 nitrogen and oxygen atoms in total. The maximum atomic E-state index is 5.36. The average molecular weight is 221 g/mol. The molecule has 1 aromatic heterocycles. The van der Waals surface area contributed by atoms with Gasteiger partial charge >= 0.3 is 0 Å². The van der Waals surface area contributed by atoms with Gasteiger partial charge in [-0.3, -0.25) is 0 Å². The summed E-state index contributed by atoms with van der Waals surface area (Å²) in [6, 6.07) is 6.42. The van der Waals surface area contributed by atoms with Gasteiger partial charge in [0.1, 0.15) is 11.6 Å². The van der Waals surface area contributed by atoms with Crippen LogP contribution in [0.1, 0.15) is 6.92 Å². The molecular weight excluding hydrogens is 202 g/mol. The predicted molar refractivity (Wildman–Crippen MR) is 66.4 cm³/mol. The van der Waals surface area contributed by atoms with E-state index in [0.717, 1.165) is 25.5 Å². The van der Waals surface area contributed by atoms with E-state index in [1.165, 1.54) is 0 Å². The van der Waals surface area contributed by atoms with Crippen LogP contribution in [0, 0.1) is 0 Å². The first-order valence-electron chi connectivity index (χ1n) is 5.59. The van der Waals surface area contributed by atoms with E-state index < -0.39 is 0 Å². The number of aromatic nitrogens is 1. The Kier molecular flexibility index (Phi) is 3.26. The lowest BCUT2D eigenvalue weighted by atomic mass is 10.2. The van der Waals surface area contributed by atoms with E-state index in [0.29, 0.717) is 11.9 Å². The molecule has 0 spiro atoms. The minimum atomic E-state index is 0.560. The second-order valence-corrected chi connectivity index (χ2v) is 4.30. The van der Waals surface area contributed by atoms with Gasteiger partial charge in [0.15, 0.2) is 0 Å². The largest absolute Gasteiger partial charge is 0.354 e. The first-order chi connectivity index (χ1) is 7.70. The fourth-order valence-corrected chi connectivity index (χ4v) is 1.94. The van der Waals surface area contributed by atoms with E-state index in [9.17, 15) is 0 Å². The van der Waals surface area contributed by atoms with Gasteiger partial charge in [-0.1, -0.05) is 6.07 Å². The van der Waals surface area contributed by atoms with Crippen LogP contribution in [0.2, 0.25) is 0 Å². The molecule has 2 rings (SSSR count). The molecule has 0 radical (unpaired) electrons. The number of likely N-dealkylation sites (N-methyl/N-ethyl adjacent to an activating group) is 1. The third-order valence-electron chi connectivity index (χ3n) is 3.17. The fraction of sp³-hybridized carbons (Fsp3) is 0.545. The van der Waals surface area contributed by atoms with Crippen molar-refractivity contribution in [3.63, 3.8) is 0 Å². The number of hydrogen-bond donors (Lipinski definition) is 2. The molecule has 0 saturated carbocycles. The van der Waals surface area contributed by atoms with Crippen molar-refractivity contribution in [3.8, 4) is 0 Å². The lowest BCUT2D eigenvalue weighted by molar-refractivity contribution is 0.233. The molecule has 1 unspecified atom stereocenters. The summed E-state index contributed by atoms with van der Waals surface area (Å²) in [6.45, 7) is 5.33. The van der Waals surface area contributed by atoms with Crippen LogP contribution in [0.3, 0.4) is 0 Å². The average Bonchev–Trinajstić information content (AvgIpc) is 2.33. The number of hydrogen-bond acceptors (Lipinski definition) is 5. The maximum Gasteiger partial charge on any atom is 0.142 e. The van der Waals surface area contributed by atoms with Crippen LogP contribution in [0.15, 0.2) is 18.2 Å². The first kappa shape index (κ1) is 11.2. The van der Waals surface area contributed by atoms with Gasteiger partial charge < -0.3 is 15.2 Å². The van der Waals surface area contributed by atoms with E-state index >= 15 is 0 Å². The highest BCUT2D eigenvalue weighted by atomic mass is 15.3. The summed E-state index contributed by atoms with van der Waals surface area (Å²) in [7, 11) is 2.16. The molecule has 1 fully saturated rings. The summed E-state index contributed by atoms with van der Waals surface area (Å²) >= 11 is 0. The number of nitrogens with zero attached hydrogens (tertiary/aromatic N) is 3. The van der Waals surface area contributed by atoms with Gasteiger partial charge in [-0.2, -0.15) is 0 Å². The van der Waals surface area contributed by atoms with Crippen molar-refractivity contribution in [2.75, 3.05) is 37.0 Å². The second kappa shape index (κ2) is 4.67. The zero-order valence-corrected chi connectivity index (χ0v) is 9.85. The number of nitrogens with one attached hydrogen (secondary N) is 1. The van der Waals surface area contributed by atoms with Gasteiger partial charge in [0.05, 0.1) is 0 Å². The SMILES string of the molecule is CC1CN(c2cccc(NN)n2)CCN1C. The van der Waals surface area contributed by atoms with Crippen molar-refractivity contribution in [1.82, 2.24) is 9.88 Å². The number of nitrogen functional groups attached to an aromatic ring is 1. The molecule has 88 valence electrons. The predicted octanol–water partition coefficient (Wildman–Crippen LogP) is 0.507. The van der Waals surface area contributed by atoms with Crippen molar-refractivity contribution in [1.29, 1.82) is 0 Å². The standard InChI is InChI=1S/C11H19N5/c1-9-8-16(7-6-15(9)2)11-5-3-4-10(13-11)14-12/h3-5,9H,6-8,12H2,1-2H3,(H,13,14). The van der Waals surface area contributed by atoms with Gasteiger partial charge in [0.25, 0.3) is 0 Å². The zero-order valence-electron chi connectivity index (χ0n) is 9.85. The molecule has 2 heterocycles. The molecule has 16 heavy (non-hydrogen) atoms. The van der Waals surface area contributed by atoms with Gasteiger partial charge in [-0.15, -0.1) is 0 Å². The van der Waals surface area contributed by atoms with E-state index in [-0.39, 0.29) is 0 Å². The summed E-state index contributed by atoms with van der Waals surface area (Å²) in [5.41, 5.74) is 2.58. The molecular formula is C11H19N5. The van der Waals surface area contributed by atoms with Crippen molar-refractivity contribution < 1.29 is 0 Å². The van der Waals surface area contributed by atoms with Crippen LogP contribution in [-0.2, 0) is 0 Å². The topological polar surface area (TPSA) is 57.4 Å². The molecule has 1 aliphatic heterocycles. The van der Waals surface area contributed by atoms with Crippen LogP contribution in [0.25, 0.3) is 0 Å². The smallest absolute Gasteiger partial charge is 0.142 e. The fourth-order valence-electron chi connectivity index (χ4n) is 1.94. The van der Waals surface area contributed by atoms with Gasteiger partial charge in [-0.05, 0) is 26.1 Å². The summed E-state index contributed by atoms with van der Waals surface area (Å²) in [4.78, 5) is 9.11. The van der Waals surface area contributed by atoms with Crippen molar-refractivity contribution in [2.45, 2.75) is 13.0 Å². The van der Waals surface area contributed by atoms with Crippen LogP contribution in [0.5, 0.6) is 0 Å². The molecule has 1 saturated heterocycles. The minimum Gasteiger partial charge on any atom is -0.354 e. The zero-order chi connectivity index (χ0) is 11.5. The molecule has 1 aromatic rings. The van der Waals surface area contributed by atoms with Crippen molar-refractivity contribution in [3.05, 3.63) is 18.2 Å². The van der Waals surface area contributed by atoms with E-state index in [1.807, 2.05) is 18.2 Å². The highest BCUT2D eigenvalue weighted by Crippen LogP contribution is 2.17. The molecule has 0 amide bonds. The Morgan fingerprint density at radius 3 is 2.94 bits per heavy atom. The van der Waals surface area contributed by atoms with Crippen molar-refractivity contribution in [2.24, 2.45) is 5.84 Å². The Morgan fingerprint density at radius 2 is 2.25 bits per heavy atom. The van der Waals surface area contributed by atoms with Crippen molar-refractivity contribution >= 4 is 11.6 Å². The molecule has 0 aliphatic carbocycles.